The molecule has 2 aromatic rings. The van der Waals surface area contributed by atoms with Gasteiger partial charge in [-0.05, 0) is 42.5 Å². The van der Waals surface area contributed by atoms with Crippen LogP contribution in [0.2, 0.25) is 0 Å². The van der Waals surface area contributed by atoms with Crippen LogP contribution in [0.4, 0.5) is 0 Å². The molecule has 0 bridgehead atoms. The summed E-state index contributed by atoms with van der Waals surface area (Å²) in [5.74, 6) is -1.84. The summed E-state index contributed by atoms with van der Waals surface area (Å²) < 4.78 is 5.13. The molecule has 3 amide bonds. The normalized spacial score (nSPS) is 14.6. The molecule has 1 aliphatic heterocycles. The smallest absolute Gasteiger partial charge is 0.320 e. The van der Waals surface area contributed by atoms with Gasteiger partial charge in [0.1, 0.15) is 11.8 Å². The highest BCUT2D eigenvalue weighted by atomic mass is 16.5. The molecule has 0 fully saturated rings. The third-order valence-electron chi connectivity index (χ3n) is 5.85. The summed E-state index contributed by atoms with van der Waals surface area (Å²) in [7, 11) is 1.47. The fourth-order valence-corrected chi connectivity index (χ4v) is 4.01. The van der Waals surface area contributed by atoms with E-state index in [4.69, 9.17) is 4.74 Å². The Labute approximate surface area is 204 Å². The van der Waals surface area contributed by atoms with Gasteiger partial charge in [-0.25, -0.2) is 0 Å². The number of carbonyl (C=O) groups excluding carboxylic acids is 3. The molecule has 0 saturated carbocycles. The maximum atomic E-state index is 12.9. The van der Waals surface area contributed by atoms with E-state index in [1.54, 1.807) is 6.07 Å². The molecule has 1 aliphatic rings. The largest absolute Gasteiger partial charge is 0.497 e. The second-order valence-electron chi connectivity index (χ2n) is 8.91. The summed E-state index contributed by atoms with van der Waals surface area (Å²) in [4.78, 5) is 51.4. The minimum absolute atomic E-state index is 0.0432. The number of nitrogens with zero attached hydrogens (tertiary/aromatic N) is 1. The van der Waals surface area contributed by atoms with E-state index < -0.39 is 29.9 Å². The van der Waals surface area contributed by atoms with E-state index in [1.165, 1.54) is 19.2 Å². The number of fused-ring (bicyclic) bond motifs is 1. The van der Waals surface area contributed by atoms with Crippen molar-refractivity contribution in [3.63, 3.8) is 0 Å². The molecule has 35 heavy (non-hydrogen) atoms. The number of benzene rings is 2. The lowest BCUT2D eigenvalue weighted by Gasteiger charge is -2.25. The van der Waals surface area contributed by atoms with Crippen LogP contribution in [0, 0.1) is 5.92 Å². The minimum Gasteiger partial charge on any atom is -0.497 e. The zero-order valence-corrected chi connectivity index (χ0v) is 20.1. The Morgan fingerprint density at radius 2 is 1.69 bits per heavy atom. The second kappa shape index (κ2) is 11.6. The summed E-state index contributed by atoms with van der Waals surface area (Å²) in [6.07, 6.45) is 0.385. The standard InChI is InChI=1S/C26H31N3O6/c1-16(2)13-22(23(30)27-15-17-7-5-4-6-8-17)28-21(26(33)34)11-12-29-24(31)19-10-9-18(35-3)14-20(19)25(29)32/h4-10,14,16,21-22,28H,11-13,15H2,1-3H3,(H,27,30)(H,33,34)/t21?,22-/m0/s1. The van der Waals surface area contributed by atoms with E-state index in [-0.39, 0.29) is 35.9 Å². The lowest BCUT2D eigenvalue weighted by molar-refractivity contribution is -0.140. The Morgan fingerprint density at radius 3 is 2.31 bits per heavy atom. The molecular weight excluding hydrogens is 450 g/mol. The highest BCUT2D eigenvalue weighted by molar-refractivity contribution is 6.21. The highest BCUT2D eigenvalue weighted by Gasteiger charge is 2.37. The third kappa shape index (κ3) is 6.45. The number of methoxy groups -OCH3 is 1. The first kappa shape index (κ1) is 25.9. The number of aliphatic carboxylic acids is 1. The van der Waals surface area contributed by atoms with Crippen LogP contribution in [0.3, 0.4) is 0 Å². The van der Waals surface area contributed by atoms with Gasteiger partial charge in [-0.15, -0.1) is 0 Å². The average Bonchev–Trinajstić information content (AvgIpc) is 3.08. The quantitative estimate of drug-likeness (QED) is 0.398. The molecular formula is C26H31N3O6. The van der Waals surface area contributed by atoms with Crippen LogP contribution in [-0.2, 0) is 16.1 Å². The van der Waals surface area contributed by atoms with E-state index >= 15 is 0 Å². The molecule has 0 aliphatic carbocycles. The summed E-state index contributed by atoms with van der Waals surface area (Å²) >= 11 is 0. The first-order valence-electron chi connectivity index (χ1n) is 11.6. The van der Waals surface area contributed by atoms with Crippen LogP contribution < -0.4 is 15.4 Å². The fraction of sp³-hybridized carbons (Fsp3) is 0.385. The Kier molecular flexibility index (Phi) is 8.59. The molecule has 0 spiro atoms. The van der Waals surface area contributed by atoms with E-state index in [9.17, 15) is 24.3 Å². The number of carboxylic acid groups (broad SMARTS) is 1. The number of amides is 3. The predicted octanol–water partition coefficient (Wildman–Crippen LogP) is 2.46. The number of imide groups is 1. The monoisotopic (exact) mass is 481 g/mol. The maximum absolute atomic E-state index is 12.9. The Hall–Kier alpha value is -3.72. The molecule has 2 aromatic carbocycles. The number of hydrogen-bond donors (Lipinski definition) is 3. The van der Waals surface area contributed by atoms with Crippen LogP contribution in [0.5, 0.6) is 5.75 Å². The van der Waals surface area contributed by atoms with Gasteiger partial charge in [-0.2, -0.15) is 0 Å². The van der Waals surface area contributed by atoms with Crippen molar-refractivity contribution in [2.45, 2.75) is 45.3 Å². The molecule has 0 saturated heterocycles. The maximum Gasteiger partial charge on any atom is 0.320 e. The fourth-order valence-electron chi connectivity index (χ4n) is 4.01. The average molecular weight is 482 g/mol. The van der Waals surface area contributed by atoms with E-state index in [2.05, 4.69) is 10.6 Å². The molecule has 2 atom stereocenters. The lowest BCUT2D eigenvalue weighted by atomic mass is 10.0. The first-order valence-corrected chi connectivity index (χ1v) is 11.6. The van der Waals surface area contributed by atoms with Gasteiger partial charge >= 0.3 is 5.97 Å². The molecule has 1 heterocycles. The van der Waals surface area contributed by atoms with Gasteiger partial charge in [0, 0.05) is 13.1 Å². The first-order chi connectivity index (χ1) is 16.7. The Bertz CT molecular complexity index is 1090. The van der Waals surface area contributed by atoms with Crippen LogP contribution >= 0.6 is 0 Å². The van der Waals surface area contributed by atoms with Gasteiger partial charge in [0.25, 0.3) is 11.8 Å². The molecule has 3 N–H and O–H groups in total. The summed E-state index contributed by atoms with van der Waals surface area (Å²) in [5, 5.41) is 15.6. The number of rotatable bonds is 12. The summed E-state index contributed by atoms with van der Waals surface area (Å²) in [6, 6.07) is 12.2. The predicted molar refractivity (Wildman–Crippen MR) is 129 cm³/mol. The van der Waals surface area contributed by atoms with Crippen LogP contribution in [0.25, 0.3) is 0 Å². The van der Waals surface area contributed by atoms with Crippen molar-refractivity contribution in [2.24, 2.45) is 5.92 Å². The van der Waals surface area contributed by atoms with Crippen molar-refractivity contribution < 1.29 is 29.0 Å². The van der Waals surface area contributed by atoms with Gasteiger partial charge in [-0.3, -0.25) is 29.4 Å². The van der Waals surface area contributed by atoms with Gasteiger partial charge in [0.05, 0.1) is 24.3 Å². The van der Waals surface area contributed by atoms with Crippen LogP contribution in [0.15, 0.2) is 48.5 Å². The lowest BCUT2D eigenvalue weighted by Crippen LogP contribution is -2.52. The molecule has 9 heteroatoms. The number of hydrogen-bond acceptors (Lipinski definition) is 6. The topological polar surface area (TPSA) is 125 Å². The number of nitrogens with one attached hydrogen (secondary N) is 2. The molecule has 3 rings (SSSR count). The van der Waals surface area contributed by atoms with E-state index in [1.807, 2.05) is 44.2 Å². The Balaban J connectivity index is 1.66. The van der Waals surface area contributed by atoms with E-state index in [0.717, 1.165) is 10.5 Å². The molecule has 0 radical (unpaired) electrons. The van der Waals surface area contributed by atoms with Crippen LogP contribution in [-0.4, -0.2) is 59.4 Å². The third-order valence-corrected chi connectivity index (χ3v) is 5.85. The zero-order valence-electron chi connectivity index (χ0n) is 20.1. The second-order valence-corrected chi connectivity index (χ2v) is 8.91. The van der Waals surface area contributed by atoms with Gasteiger partial charge < -0.3 is 15.2 Å². The van der Waals surface area contributed by atoms with Crippen molar-refractivity contribution in [3.8, 4) is 5.75 Å². The number of ether oxygens (including phenoxy) is 1. The van der Waals surface area contributed by atoms with Crippen molar-refractivity contribution in [1.29, 1.82) is 0 Å². The van der Waals surface area contributed by atoms with Crippen LogP contribution in [0.1, 0.15) is 53.0 Å². The van der Waals surface area contributed by atoms with Gasteiger partial charge in [-0.1, -0.05) is 44.2 Å². The molecule has 1 unspecified atom stereocenters. The van der Waals surface area contributed by atoms with Crippen molar-refractivity contribution in [3.05, 3.63) is 65.2 Å². The summed E-state index contributed by atoms with van der Waals surface area (Å²) in [6.45, 7) is 4.12. The number of carboxylic acids is 1. The van der Waals surface area contributed by atoms with Gasteiger partial charge in [0.2, 0.25) is 5.91 Å². The molecule has 9 nitrogen and oxygen atoms in total. The van der Waals surface area contributed by atoms with Crippen molar-refractivity contribution >= 4 is 23.7 Å². The zero-order chi connectivity index (χ0) is 25.5. The van der Waals surface area contributed by atoms with Crippen molar-refractivity contribution in [1.82, 2.24) is 15.5 Å². The van der Waals surface area contributed by atoms with Crippen molar-refractivity contribution in [2.75, 3.05) is 13.7 Å². The number of carbonyl (C=O) groups is 4. The molecule has 0 aromatic heterocycles. The SMILES string of the molecule is COc1ccc2c(c1)C(=O)N(CCC(N[C@@H](CC(C)C)C(=O)NCc1ccccc1)C(=O)O)C2=O. The summed E-state index contributed by atoms with van der Waals surface area (Å²) in [5.41, 5.74) is 1.42. The van der Waals surface area contributed by atoms with Gasteiger partial charge in [0.15, 0.2) is 0 Å². The highest BCUT2D eigenvalue weighted by Crippen LogP contribution is 2.27. The minimum atomic E-state index is -1.16. The van der Waals surface area contributed by atoms with E-state index in [0.29, 0.717) is 18.7 Å². The molecule has 186 valence electrons. The Morgan fingerprint density at radius 1 is 1.00 bits per heavy atom.